The van der Waals surface area contributed by atoms with Crippen molar-refractivity contribution in [3.05, 3.63) is 47.3 Å². The van der Waals surface area contributed by atoms with Gasteiger partial charge in [-0.1, -0.05) is 42.1 Å². The molecule has 4 nitrogen and oxygen atoms in total. The molecule has 0 fully saturated rings. The van der Waals surface area contributed by atoms with Crippen LogP contribution in [0.2, 0.25) is 0 Å². The van der Waals surface area contributed by atoms with Crippen LogP contribution < -0.4 is 0 Å². The average molecular weight is 318 g/mol. The van der Waals surface area contributed by atoms with Gasteiger partial charge in [-0.15, -0.1) is 0 Å². The average Bonchev–Trinajstić information content (AvgIpc) is 2.82. The molecule has 0 saturated carbocycles. The van der Waals surface area contributed by atoms with E-state index in [2.05, 4.69) is 4.98 Å². The standard InChI is InChI=1S/C17H22N2O2S/c1-12(2)19(10-15-8-6-5-7-9-15)16(20)11-22-17-18-13(3)14(4)21-17/h5-9,12H,10-11H2,1-4H3. The summed E-state index contributed by atoms with van der Waals surface area (Å²) < 4.78 is 5.50. The fraction of sp³-hybridized carbons (Fsp3) is 0.412. The number of thioether (sulfide) groups is 1. The van der Waals surface area contributed by atoms with Crippen molar-refractivity contribution in [2.45, 2.75) is 45.5 Å². The predicted octanol–water partition coefficient (Wildman–Crippen LogP) is 3.82. The summed E-state index contributed by atoms with van der Waals surface area (Å²) >= 11 is 1.35. The highest BCUT2D eigenvalue weighted by Gasteiger charge is 2.18. The van der Waals surface area contributed by atoms with Gasteiger partial charge < -0.3 is 9.32 Å². The summed E-state index contributed by atoms with van der Waals surface area (Å²) in [5.74, 6) is 1.24. The van der Waals surface area contributed by atoms with Crippen LogP contribution in [0.15, 0.2) is 40.0 Å². The summed E-state index contributed by atoms with van der Waals surface area (Å²) in [6.07, 6.45) is 0. The Morgan fingerprint density at radius 3 is 2.50 bits per heavy atom. The fourth-order valence-electron chi connectivity index (χ4n) is 2.05. The Labute approximate surface area is 135 Å². The van der Waals surface area contributed by atoms with Gasteiger partial charge in [0, 0.05) is 12.6 Å². The zero-order valence-corrected chi connectivity index (χ0v) is 14.3. The number of hydrogen-bond acceptors (Lipinski definition) is 4. The molecule has 0 spiro atoms. The molecule has 0 bridgehead atoms. The number of oxazole rings is 1. The van der Waals surface area contributed by atoms with Crippen LogP contribution >= 0.6 is 11.8 Å². The highest BCUT2D eigenvalue weighted by Crippen LogP contribution is 2.21. The lowest BCUT2D eigenvalue weighted by molar-refractivity contribution is -0.130. The number of amides is 1. The van der Waals surface area contributed by atoms with Crippen LogP contribution in [0.25, 0.3) is 0 Å². The zero-order chi connectivity index (χ0) is 16.1. The largest absolute Gasteiger partial charge is 0.437 e. The van der Waals surface area contributed by atoms with Crippen molar-refractivity contribution in [3.8, 4) is 0 Å². The van der Waals surface area contributed by atoms with Gasteiger partial charge in [-0.2, -0.15) is 0 Å². The van der Waals surface area contributed by atoms with Crippen molar-refractivity contribution in [1.82, 2.24) is 9.88 Å². The number of benzene rings is 1. The lowest BCUT2D eigenvalue weighted by Gasteiger charge is -2.26. The third kappa shape index (κ3) is 4.37. The number of aromatic nitrogens is 1. The van der Waals surface area contributed by atoms with E-state index in [4.69, 9.17) is 4.42 Å². The maximum atomic E-state index is 12.5. The molecule has 0 radical (unpaired) electrons. The second-order valence-electron chi connectivity index (χ2n) is 5.51. The first-order valence-corrected chi connectivity index (χ1v) is 8.36. The van der Waals surface area contributed by atoms with Crippen LogP contribution in [-0.2, 0) is 11.3 Å². The Morgan fingerprint density at radius 2 is 1.95 bits per heavy atom. The number of carbonyl (C=O) groups is 1. The Balaban J connectivity index is 1.97. The summed E-state index contributed by atoms with van der Waals surface area (Å²) in [5.41, 5.74) is 2.01. The van der Waals surface area contributed by atoms with Crippen LogP contribution in [0.4, 0.5) is 0 Å². The van der Waals surface area contributed by atoms with E-state index in [1.54, 1.807) is 0 Å². The first-order chi connectivity index (χ1) is 10.5. The molecule has 118 valence electrons. The Bertz CT molecular complexity index is 603. The van der Waals surface area contributed by atoms with Gasteiger partial charge in [0.1, 0.15) is 5.76 Å². The lowest BCUT2D eigenvalue weighted by atomic mass is 10.2. The maximum absolute atomic E-state index is 12.5. The van der Waals surface area contributed by atoms with Crippen LogP contribution in [0.3, 0.4) is 0 Å². The second-order valence-corrected chi connectivity index (χ2v) is 6.44. The molecule has 2 aromatic rings. The molecule has 5 heteroatoms. The summed E-state index contributed by atoms with van der Waals surface area (Å²) in [4.78, 5) is 18.7. The van der Waals surface area contributed by atoms with Gasteiger partial charge in [0.15, 0.2) is 0 Å². The molecular formula is C17H22N2O2S. The molecule has 22 heavy (non-hydrogen) atoms. The third-order valence-corrected chi connectivity index (χ3v) is 4.28. The van der Waals surface area contributed by atoms with Gasteiger partial charge in [-0.3, -0.25) is 4.79 Å². The third-order valence-electron chi connectivity index (χ3n) is 3.47. The van der Waals surface area contributed by atoms with Crippen molar-refractivity contribution < 1.29 is 9.21 Å². The summed E-state index contributed by atoms with van der Waals surface area (Å²) in [7, 11) is 0. The highest BCUT2D eigenvalue weighted by molar-refractivity contribution is 7.99. The minimum absolute atomic E-state index is 0.0948. The van der Waals surface area contributed by atoms with E-state index in [1.807, 2.05) is 62.9 Å². The van der Waals surface area contributed by atoms with E-state index in [0.717, 1.165) is 17.0 Å². The maximum Gasteiger partial charge on any atom is 0.256 e. The molecule has 0 N–H and O–H groups in total. The molecule has 0 aliphatic heterocycles. The van der Waals surface area contributed by atoms with Crippen molar-refractivity contribution in [1.29, 1.82) is 0 Å². The van der Waals surface area contributed by atoms with Crippen LogP contribution in [-0.4, -0.2) is 27.6 Å². The first kappa shape index (κ1) is 16.6. The van der Waals surface area contributed by atoms with Crippen molar-refractivity contribution in [2.24, 2.45) is 0 Å². The molecular weight excluding hydrogens is 296 g/mol. The van der Waals surface area contributed by atoms with E-state index >= 15 is 0 Å². The molecule has 0 unspecified atom stereocenters. The Hall–Kier alpha value is -1.75. The zero-order valence-electron chi connectivity index (χ0n) is 13.5. The number of nitrogens with zero attached hydrogens (tertiary/aromatic N) is 2. The van der Waals surface area contributed by atoms with Crippen molar-refractivity contribution in [3.63, 3.8) is 0 Å². The number of aryl methyl sites for hydroxylation is 2. The minimum Gasteiger partial charge on any atom is -0.437 e. The second kappa shape index (κ2) is 7.49. The summed E-state index contributed by atoms with van der Waals surface area (Å²) in [6, 6.07) is 10.2. The van der Waals surface area contributed by atoms with Gasteiger partial charge in [0.05, 0.1) is 11.4 Å². The van der Waals surface area contributed by atoms with Crippen LogP contribution in [0.1, 0.15) is 30.9 Å². The van der Waals surface area contributed by atoms with Crippen molar-refractivity contribution >= 4 is 17.7 Å². The molecule has 0 aliphatic carbocycles. The number of hydrogen-bond donors (Lipinski definition) is 0. The van der Waals surface area contributed by atoms with Gasteiger partial charge >= 0.3 is 0 Å². The Kier molecular flexibility index (Phi) is 5.66. The first-order valence-electron chi connectivity index (χ1n) is 7.37. The fourth-order valence-corrected chi connectivity index (χ4v) is 2.85. The monoisotopic (exact) mass is 318 g/mol. The normalized spacial score (nSPS) is 11.0. The van der Waals surface area contributed by atoms with Gasteiger partial charge in [0.25, 0.3) is 5.22 Å². The molecule has 1 aromatic carbocycles. The molecule has 0 aliphatic rings. The molecule has 0 saturated heterocycles. The van der Waals surface area contributed by atoms with Gasteiger partial charge in [0.2, 0.25) is 5.91 Å². The Morgan fingerprint density at radius 1 is 1.27 bits per heavy atom. The lowest BCUT2D eigenvalue weighted by Crippen LogP contribution is -2.37. The predicted molar refractivity (Wildman–Crippen MR) is 88.8 cm³/mol. The van der Waals surface area contributed by atoms with Crippen LogP contribution in [0, 0.1) is 13.8 Å². The number of rotatable bonds is 6. The van der Waals surface area contributed by atoms with E-state index in [9.17, 15) is 4.79 Å². The topological polar surface area (TPSA) is 46.3 Å². The molecule has 1 amide bonds. The SMILES string of the molecule is Cc1nc(SCC(=O)N(Cc2ccccc2)C(C)C)oc1C. The van der Waals surface area contributed by atoms with E-state index < -0.39 is 0 Å². The number of carbonyl (C=O) groups excluding carboxylic acids is 1. The van der Waals surface area contributed by atoms with Crippen LogP contribution in [0.5, 0.6) is 0 Å². The smallest absolute Gasteiger partial charge is 0.256 e. The van der Waals surface area contributed by atoms with E-state index in [0.29, 0.717) is 17.5 Å². The van der Waals surface area contributed by atoms with Crippen molar-refractivity contribution in [2.75, 3.05) is 5.75 Å². The van der Waals surface area contributed by atoms with Gasteiger partial charge in [-0.25, -0.2) is 4.98 Å². The molecule has 0 atom stereocenters. The quantitative estimate of drug-likeness (QED) is 0.760. The molecule has 1 heterocycles. The van der Waals surface area contributed by atoms with E-state index in [-0.39, 0.29) is 11.9 Å². The molecule has 2 rings (SSSR count). The van der Waals surface area contributed by atoms with E-state index in [1.165, 1.54) is 11.8 Å². The highest BCUT2D eigenvalue weighted by atomic mass is 32.2. The van der Waals surface area contributed by atoms with Gasteiger partial charge in [-0.05, 0) is 33.3 Å². The minimum atomic E-state index is 0.0948. The summed E-state index contributed by atoms with van der Waals surface area (Å²) in [5, 5.41) is 0.562. The molecule has 1 aromatic heterocycles. The summed E-state index contributed by atoms with van der Waals surface area (Å²) in [6.45, 7) is 8.47.